The van der Waals surface area contributed by atoms with Crippen LogP contribution in [0.5, 0.6) is 11.5 Å². The molecule has 1 amide bonds. The first-order valence-corrected chi connectivity index (χ1v) is 10.8. The molecule has 4 heteroatoms. The summed E-state index contributed by atoms with van der Waals surface area (Å²) >= 11 is 0. The van der Waals surface area contributed by atoms with Crippen molar-refractivity contribution < 1.29 is 14.3 Å². The fourth-order valence-corrected chi connectivity index (χ4v) is 3.51. The van der Waals surface area contributed by atoms with Crippen molar-refractivity contribution in [3.05, 3.63) is 94.6 Å². The van der Waals surface area contributed by atoms with E-state index in [1.165, 1.54) is 5.56 Å². The van der Waals surface area contributed by atoms with Gasteiger partial charge in [0.15, 0.2) is 11.5 Å². The van der Waals surface area contributed by atoms with Gasteiger partial charge in [0.1, 0.15) is 6.61 Å². The number of carbonyl (C=O) groups is 1. The second kappa shape index (κ2) is 10.7. The number of rotatable bonds is 8. The first-order valence-electron chi connectivity index (χ1n) is 10.8. The molecule has 0 fully saturated rings. The Kier molecular flexibility index (Phi) is 7.72. The predicted molar refractivity (Wildman–Crippen MR) is 131 cm³/mol. The normalized spacial score (nSPS) is 11.1. The third kappa shape index (κ3) is 5.79. The average molecular weight is 430 g/mol. The molecule has 166 valence electrons. The highest BCUT2D eigenvalue weighted by Gasteiger charge is 2.11. The summed E-state index contributed by atoms with van der Waals surface area (Å²) in [5, 5.41) is 3.03. The Hall–Kier alpha value is -3.53. The molecular weight excluding hydrogens is 398 g/mol. The molecule has 0 radical (unpaired) electrons. The van der Waals surface area contributed by atoms with Gasteiger partial charge in [0.2, 0.25) is 5.91 Å². The maximum atomic E-state index is 12.6. The van der Waals surface area contributed by atoms with Crippen molar-refractivity contribution >= 4 is 17.7 Å². The molecule has 1 N–H and O–H groups in total. The Balaban J connectivity index is 1.70. The van der Waals surface area contributed by atoms with Gasteiger partial charge >= 0.3 is 0 Å². The van der Waals surface area contributed by atoms with Crippen LogP contribution in [-0.2, 0) is 11.4 Å². The van der Waals surface area contributed by atoms with Crippen LogP contribution in [0.25, 0.3) is 6.08 Å². The highest BCUT2D eigenvalue weighted by Crippen LogP contribution is 2.30. The largest absolute Gasteiger partial charge is 0.493 e. The number of amides is 1. The fourth-order valence-electron chi connectivity index (χ4n) is 3.51. The van der Waals surface area contributed by atoms with Crippen molar-refractivity contribution in [2.45, 2.75) is 40.2 Å². The molecule has 0 spiro atoms. The van der Waals surface area contributed by atoms with E-state index in [1.54, 1.807) is 19.3 Å². The number of benzene rings is 3. The molecule has 0 saturated heterocycles. The number of ether oxygens (including phenoxy) is 2. The van der Waals surface area contributed by atoms with E-state index in [1.807, 2.05) is 49.4 Å². The Bertz CT molecular complexity index is 1120. The van der Waals surface area contributed by atoms with Crippen molar-refractivity contribution in [2.24, 2.45) is 0 Å². The van der Waals surface area contributed by atoms with Crippen LogP contribution in [0, 0.1) is 13.8 Å². The quantitative estimate of drug-likeness (QED) is 0.407. The number of nitrogens with one attached hydrogen (secondary N) is 1. The molecule has 4 nitrogen and oxygen atoms in total. The minimum absolute atomic E-state index is 0.167. The van der Waals surface area contributed by atoms with Gasteiger partial charge in [-0.25, -0.2) is 0 Å². The van der Waals surface area contributed by atoms with Crippen LogP contribution in [0.4, 0.5) is 5.69 Å². The van der Waals surface area contributed by atoms with Crippen LogP contribution in [0.1, 0.15) is 47.6 Å². The third-order valence-corrected chi connectivity index (χ3v) is 5.43. The molecule has 0 aliphatic rings. The van der Waals surface area contributed by atoms with Crippen LogP contribution < -0.4 is 14.8 Å². The second-order valence-corrected chi connectivity index (χ2v) is 8.14. The molecule has 3 aromatic rings. The highest BCUT2D eigenvalue weighted by atomic mass is 16.5. The van der Waals surface area contributed by atoms with Gasteiger partial charge in [-0.05, 0) is 65.8 Å². The van der Waals surface area contributed by atoms with Gasteiger partial charge < -0.3 is 14.8 Å². The van der Waals surface area contributed by atoms with Gasteiger partial charge in [0.05, 0.1) is 7.11 Å². The van der Waals surface area contributed by atoms with Crippen molar-refractivity contribution in [3.8, 4) is 11.5 Å². The van der Waals surface area contributed by atoms with Crippen molar-refractivity contribution in [1.82, 2.24) is 0 Å². The molecular formula is C28H31NO3. The molecule has 0 bridgehead atoms. The fraction of sp³-hybridized carbons (Fsp3) is 0.250. The van der Waals surface area contributed by atoms with E-state index in [0.29, 0.717) is 24.0 Å². The van der Waals surface area contributed by atoms with E-state index in [9.17, 15) is 4.79 Å². The maximum absolute atomic E-state index is 12.6. The van der Waals surface area contributed by atoms with Gasteiger partial charge in [-0.1, -0.05) is 62.4 Å². The first-order chi connectivity index (χ1) is 15.4. The maximum Gasteiger partial charge on any atom is 0.248 e. The van der Waals surface area contributed by atoms with Crippen LogP contribution in [-0.4, -0.2) is 13.0 Å². The lowest BCUT2D eigenvalue weighted by Gasteiger charge is -2.15. The molecule has 0 atom stereocenters. The summed E-state index contributed by atoms with van der Waals surface area (Å²) in [4.78, 5) is 12.6. The van der Waals surface area contributed by atoms with E-state index < -0.39 is 0 Å². The number of aryl methyl sites for hydroxylation is 2. The molecule has 0 unspecified atom stereocenters. The highest BCUT2D eigenvalue weighted by molar-refractivity contribution is 6.02. The summed E-state index contributed by atoms with van der Waals surface area (Å²) in [6, 6.07) is 19.9. The van der Waals surface area contributed by atoms with Crippen LogP contribution in [0.15, 0.2) is 66.7 Å². The lowest BCUT2D eigenvalue weighted by Crippen LogP contribution is -2.11. The van der Waals surface area contributed by atoms with Gasteiger partial charge in [0, 0.05) is 11.8 Å². The molecule has 0 saturated carbocycles. The summed E-state index contributed by atoms with van der Waals surface area (Å²) in [6.45, 7) is 8.78. The van der Waals surface area contributed by atoms with E-state index in [4.69, 9.17) is 9.47 Å². The van der Waals surface area contributed by atoms with Gasteiger partial charge in [-0.2, -0.15) is 0 Å². The second-order valence-electron chi connectivity index (χ2n) is 8.14. The number of hydrogen-bond donors (Lipinski definition) is 1. The summed E-state index contributed by atoms with van der Waals surface area (Å²) in [5.41, 5.74) is 6.24. The number of anilines is 1. The summed E-state index contributed by atoms with van der Waals surface area (Å²) < 4.78 is 11.5. The summed E-state index contributed by atoms with van der Waals surface area (Å²) in [7, 11) is 1.61. The van der Waals surface area contributed by atoms with E-state index in [2.05, 4.69) is 44.3 Å². The molecule has 3 aromatic carbocycles. The zero-order valence-corrected chi connectivity index (χ0v) is 19.4. The van der Waals surface area contributed by atoms with E-state index in [-0.39, 0.29) is 5.91 Å². The Morgan fingerprint density at radius 2 is 1.72 bits per heavy atom. The lowest BCUT2D eigenvalue weighted by atomic mass is 9.98. The molecule has 0 aliphatic carbocycles. The number of carbonyl (C=O) groups excluding carboxylic acids is 1. The van der Waals surface area contributed by atoms with Gasteiger partial charge in [0.25, 0.3) is 0 Å². The minimum Gasteiger partial charge on any atom is -0.493 e. The number of hydrogen-bond acceptors (Lipinski definition) is 3. The van der Waals surface area contributed by atoms with E-state index in [0.717, 1.165) is 27.9 Å². The SMILES string of the molecule is COc1cc(/C=C/C(=O)Nc2c(C)cccc2C(C)C)ccc1OCc1ccccc1C. The molecule has 0 aromatic heterocycles. The molecule has 0 aliphatic heterocycles. The predicted octanol–water partition coefficient (Wildman–Crippen LogP) is 6.67. The van der Waals surface area contributed by atoms with Crippen LogP contribution >= 0.6 is 0 Å². The Morgan fingerprint density at radius 3 is 2.44 bits per heavy atom. The third-order valence-electron chi connectivity index (χ3n) is 5.43. The number of methoxy groups -OCH3 is 1. The molecule has 32 heavy (non-hydrogen) atoms. The lowest BCUT2D eigenvalue weighted by molar-refractivity contribution is -0.111. The van der Waals surface area contributed by atoms with Crippen molar-refractivity contribution in [2.75, 3.05) is 12.4 Å². The van der Waals surface area contributed by atoms with Gasteiger partial charge in [-0.3, -0.25) is 4.79 Å². The average Bonchev–Trinajstić information content (AvgIpc) is 2.78. The van der Waals surface area contributed by atoms with Crippen LogP contribution in [0.3, 0.4) is 0 Å². The number of para-hydroxylation sites is 1. The summed E-state index contributed by atoms with van der Waals surface area (Å²) in [6.07, 6.45) is 3.31. The minimum atomic E-state index is -0.167. The van der Waals surface area contributed by atoms with Crippen LogP contribution in [0.2, 0.25) is 0 Å². The zero-order chi connectivity index (χ0) is 23.1. The Labute approximate surface area is 190 Å². The van der Waals surface area contributed by atoms with E-state index >= 15 is 0 Å². The van der Waals surface area contributed by atoms with Crippen molar-refractivity contribution in [3.63, 3.8) is 0 Å². The summed E-state index contributed by atoms with van der Waals surface area (Å²) in [5.74, 6) is 1.45. The molecule has 0 heterocycles. The van der Waals surface area contributed by atoms with Crippen molar-refractivity contribution in [1.29, 1.82) is 0 Å². The molecule has 3 rings (SSSR count). The Morgan fingerprint density at radius 1 is 0.969 bits per heavy atom. The topological polar surface area (TPSA) is 47.6 Å². The standard InChI is InChI=1S/C28H31NO3/c1-19(2)24-12-8-10-21(4)28(24)29-27(30)16-14-22-13-15-25(26(17-22)31-5)32-18-23-11-7-6-9-20(23)3/h6-17,19H,18H2,1-5H3,(H,29,30)/b16-14+. The zero-order valence-electron chi connectivity index (χ0n) is 19.4. The monoisotopic (exact) mass is 429 g/mol. The first kappa shape index (κ1) is 23.1. The smallest absolute Gasteiger partial charge is 0.248 e. The van der Waals surface area contributed by atoms with Gasteiger partial charge in [-0.15, -0.1) is 0 Å².